The summed E-state index contributed by atoms with van der Waals surface area (Å²) in [6.07, 6.45) is -2.21. The van der Waals surface area contributed by atoms with Gasteiger partial charge < -0.3 is 5.11 Å². The molecule has 1 saturated heterocycles. The van der Waals surface area contributed by atoms with Crippen LogP contribution in [-0.2, 0) is 11.0 Å². The van der Waals surface area contributed by atoms with Crippen molar-refractivity contribution in [2.45, 2.75) is 67.7 Å². The molecule has 2 aromatic carbocycles. The number of rotatable bonds is 9. The van der Waals surface area contributed by atoms with E-state index in [0.717, 1.165) is 23.3 Å². The van der Waals surface area contributed by atoms with Gasteiger partial charge in [-0.3, -0.25) is 9.69 Å². The molecule has 202 valence electrons. The number of benzene rings is 2. The van der Waals surface area contributed by atoms with Crippen molar-refractivity contribution in [3.8, 4) is 0 Å². The van der Waals surface area contributed by atoms with E-state index in [2.05, 4.69) is 11.5 Å². The van der Waals surface area contributed by atoms with Crippen molar-refractivity contribution in [1.82, 2.24) is 4.90 Å². The molecule has 3 unspecified atom stereocenters. The van der Waals surface area contributed by atoms with Crippen LogP contribution in [0.25, 0.3) is 0 Å². The first-order chi connectivity index (χ1) is 17.2. The first-order valence-electron chi connectivity index (χ1n) is 11.9. The van der Waals surface area contributed by atoms with Crippen LogP contribution in [-0.4, -0.2) is 28.0 Å². The summed E-state index contributed by atoms with van der Waals surface area (Å²) in [5.41, 5.74) is -2.80. The molecule has 0 amide bonds. The Morgan fingerprint density at radius 3 is 2.22 bits per heavy atom. The quantitative estimate of drug-likeness (QED) is 0.195. The predicted octanol–water partition coefficient (Wildman–Crippen LogP) is 8.64. The number of carboxylic acid groups (broad SMARTS) is 1. The maximum absolute atomic E-state index is 13.1. The molecular weight excluding hydrogens is 516 g/mol. The van der Waals surface area contributed by atoms with E-state index in [1.165, 1.54) is 24.3 Å². The van der Waals surface area contributed by atoms with Crippen LogP contribution in [0, 0.1) is 5.92 Å². The van der Waals surface area contributed by atoms with Crippen LogP contribution in [0.15, 0.2) is 65.6 Å². The maximum Gasteiger partial charge on any atom is 0.446 e. The number of allylic oxidation sites excluding steroid dienone is 1. The van der Waals surface area contributed by atoms with Gasteiger partial charge in [-0.2, -0.15) is 26.3 Å². The largest absolute Gasteiger partial charge is 0.481 e. The number of carboxylic acids is 1. The van der Waals surface area contributed by atoms with E-state index in [0.29, 0.717) is 37.8 Å². The number of hydrogen-bond donors (Lipinski definition) is 1. The molecule has 1 fully saturated rings. The van der Waals surface area contributed by atoms with Crippen LogP contribution in [0.3, 0.4) is 0 Å². The van der Waals surface area contributed by atoms with E-state index in [1.807, 2.05) is 6.92 Å². The van der Waals surface area contributed by atoms with Gasteiger partial charge in [-0.15, -0.1) is 6.58 Å². The van der Waals surface area contributed by atoms with E-state index >= 15 is 0 Å². The minimum atomic E-state index is -4.48. The Morgan fingerprint density at radius 1 is 1.08 bits per heavy atom. The van der Waals surface area contributed by atoms with Gasteiger partial charge in [0.1, 0.15) is 0 Å². The van der Waals surface area contributed by atoms with Crippen molar-refractivity contribution in [2.24, 2.45) is 5.92 Å². The van der Waals surface area contributed by atoms with Gasteiger partial charge in [0.25, 0.3) is 0 Å². The van der Waals surface area contributed by atoms with Crippen molar-refractivity contribution in [3.05, 3.63) is 77.4 Å². The standard InChI is InChI=1S/C27H29F6NO2S/c1-17(2)3-12-23(19-6-10-22(11-7-19)37-27(31,32)33)34-14-13-18(16-25(35)36)15-24(34)20-4-8-21(9-5-20)26(28,29)30/h4-11,18,23-24H,1,3,12-16H2,2H3,(H,35,36). The third-order valence-corrected chi connectivity index (χ3v) is 7.32. The molecule has 1 aliphatic heterocycles. The van der Waals surface area contributed by atoms with Gasteiger partial charge in [-0.05, 0) is 92.2 Å². The molecule has 3 rings (SSSR count). The summed E-state index contributed by atoms with van der Waals surface area (Å²) in [6.45, 7) is 6.34. The molecule has 37 heavy (non-hydrogen) atoms. The van der Waals surface area contributed by atoms with Crippen LogP contribution >= 0.6 is 11.8 Å². The lowest BCUT2D eigenvalue weighted by Gasteiger charge is -2.44. The monoisotopic (exact) mass is 545 g/mol. The number of halogens is 6. The van der Waals surface area contributed by atoms with Crippen LogP contribution in [0.2, 0.25) is 0 Å². The van der Waals surface area contributed by atoms with Crippen LogP contribution in [0.4, 0.5) is 26.3 Å². The number of nitrogens with zero attached hydrogens (tertiary/aromatic N) is 1. The van der Waals surface area contributed by atoms with E-state index in [9.17, 15) is 36.2 Å². The van der Waals surface area contributed by atoms with Crippen molar-refractivity contribution in [3.63, 3.8) is 0 Å². The summed E-state index contributed by atoms with van der Waals surface area (Å²) >= 11 is -0.194. The Bertz CT molecular complexity index is 1070. The fraction of sp³-hybridized carbons (Fsp3) is 0.444. The second-order valence-corrected chi connectivity index (χ2v) is 10.6. The van der Waals surface area contributed by atoms with E-state index < -0.39 is 23.2 Å². The topological polar surface area (TPSA) is 40.5 Å². The molecule has 0 aromatic heterocycles. The average Bonchev–Trinajstić information content (AvgIpc) is 2.79. The fourth-order valence-electron chi connectivity index (χ4n) is 4.88. The summed E-state index contributed by atoms with van der Waals surface area (Å²) in [5.74, 6) is -1.07. The van der Waals surface area contributed by atoms with Gasteiger partial charge in [0.2, 0.25) is 0 Å². The molecule has 3 nitrogen and oxygen atoms in total. The molecule has 1 aliphatic rings. The van der Waals surface area contributed by atoms with E-state index in [4.69, 9.17) is 0 Å². The second kappa shape index (κ2) is 11.9. The van der Waals surface area contributed by atoms with Crippen molar-refractivity contribution < 1.29 is 36.2 Å². The molecule has 3 atom stereocenters. The SMILES string of the molecule is C=C(C)CCC(c1ccc(SC(F)(F)F)cc1)N1CCC(CC(=O)O)CC1c1ccc(C(F)(F)F)cc1. The highest BCUT2D eigenvalue weighted by molar-refractivity contribution is 8.00. The summed E-state index contributed by atoms with van der Waals surface area (Å²) in [5, 5.41) is 9.32. The summed E-state index contributed by atoms with van der Waals surface area (Å²) < 4.78 is 77.9. The molecule has 2 aromatic rings. The molecule has 10 heteroatoms. The number of likely N-dealkylation sites (tertiary alicyclic amines) is 1. The van der Waals surface area contributed by atoms with Crippen LogP contribution in [0.1, 0.15) is 67.8 Å². The lowest BCUT2D eigenvalue weighted by Crippen LogP contribution is -2.40. The smallest absolute Gasteiger partial charge is 0.446 e. The number of piperidine rings is 1. The van der Waals surface area contributed by atoms with Gasteiger partial charge in [-0.25, -0.2) is 0 Å². The summed E-state index contributed by atoms with van der Waals surface area (Å²) in [7, 11) is 0. The zero-order valence-corrected chi connectivity index (χ0v) is 21.1. The molecule has 1 N–H and O–H groups in total. The average molecular weight is 546 g/mol. The molecule has 0 aliphatic carbocycles. The zero-order valence-electron chi connectivity index (χ0n) is 20.3. The van der Waals surface area contributed by atoms with Crippen molar-refractivity contribution >= 4 is 17.7 Å². The molecule has 0 spiro atoms. The van der Waals surface area contributed by atoms with E-state index in [1.54, 1.807) is 12.1 Å². The predicted molar refractivity (Wildman–Crippen MR) is 131 cm³/mol. The van der Waals surface area contributed by atoms with Gasteiger partial charge in [0.05, 0.1) is 5.56 Å². The Kier molecular flexibility index (Phi) is 9.39. The Morgan fingerprint density at radius 2 is 1.70 bits per heavy atom. The molecule has 0 bridgehead atoms. The van der Waals surface area contributed by atoms with Gasteiger partial charge in [0.15, 0.2) is 0 Å². The summed E-state index contributed by atoms with van der Waals surface area (Å²) in [6, 6.07) is 10.5. The van der Waals surface area contributed by atoms with Gasteiger partial charge in [0, 0.05) is 23.4 Å². The van der Waals surface area contributed by atoms with Gasteiger partial charge >= 0.3 is 17.7 Å². The molecular formula is C27H29F6NO2S. The maximum atomic E-state index is 13.1. The molecule has 0 saturated carbocycles. The normalized spacial score (nSPS) is 20.0. The Hall–Kier alpha value is -2.46. The lowest BCUT2D eigenvalue weighted by atomic mass is 9.82. The molecule has 0 radical (unpaired) electrons. The third kappa shape index (κ3) is 8.53. The van der Waals surface area contributed by atoms with Crippen molar-refractivity contribution in [1.29, 1.82) is 0 Å². The highest BCUT2D eigenvalue weighted by Crippen LogP contribution is 2.44. The first kappa shape index (κ1) is 29.1. The highest BCUT2D eigenvalue weighted by Gasteiger charge is 2.36. The van der Waals surface area contributed by atoms with Crippen LogP contribution in [0.5, 0.6) is 0 Å². The minimum Gasteiger partial charge on any atom is -0.481 e. The number of thioether (sulfide) groups is 1. The number of alkyl halides is 6. The minimum absolute atomic E-state index is 0.0369. The van der Waals surface area contributed by atoms with Gasteiger partial charge in [-0.1, -0.05) is 29.8 Å². The van der Waals surface area contributed by atoms with E-state index in [-0.39, 0.29) is 41.1 Å². The second-order valence-electron chi connectivity index (χ2n) is 9.49. The molecule has 1 heterocycles. The zero-order chi connectivity index (χ0) is 27.4. The summed E-state index contributed by atoms with van der Waals surface area (Å²) in [4.78, 5) is 13.6. The van der Waals surface area contributed by atoms with Crippen molar-refractivity contribution in [2.75, 3.05) is 6.54 Å². The Balaban J connectivity index is 1.97. The van der Waals surface area contributed by atoms with Crippen LogP contribution < -0.4 is 0 Å². The fourth-order valence-corrected chi connectivity index (χ4v) is 5.42. The lowest BCUT2D eigenvalue weighted by molar-refractivity contribution is -0.139. The number of aliphatic carboxylic acids is 1. The number of hydrogen-bond acceptors (Lipinski definition) is 3. The third-order valence-electron chi connectivity index (χ3n) is 6.58. The number of carbonyl (C=O) groups is 1. The highest BCUT2D eigenvalue weighted by atomic mass is 32.2. The Labute approximate surface area is 216 Å². The first-order valence-corrected chi connectivity index (χ1v) is 12.7.